The number of imidazole rings is 1. The van der Waals surface area contributed by atoms with Gasteiger partial charge in [-0.15, -0.1) is 0 Å². The largest absolute Gasteiger partial charge is 0.465 e. The Hall–Kier alpha value is -1.65. The van der Waals surface area contributed by atoms with E-state index >= 15 is 0 Å². The Balaban J connectivity index is 2.12. The summed E-state index contributed by atoms with van der Waals surface area (Å²) in [5, 5.41) is 0. The number of ether oxygens (including phenoxy) is 1. The van der Waals surface area contributed by atoms with Crippen LogP contribution in [0.25, 0.3) is 0 Å². The molecule has 92 valence electrons. The van der Waals surface area contributed by atoms with Crippen molar-refractivity contribution in [3.05, 3.63) is 18.2 Å². The first-order chi connectivity index (χ1) is 8.06. The quantitative estimate of drug-likeness (QED) is 0.575. The summed E-state index contributed by atoms with van der Waals surface area (Å²) in [5.74, 6) is 0.402. The van der Waals surface area contributed by atoms with E-state index in [1.807, 2.05) is 17.8 Å². The van der Waals surface area contributed by atoms with Crippen LogP contribution in [0.15, 0.2) is 12.4 Å². The van der Waals surface area contributed by atoms with Gasteiger partial charge in [-0.1, -0.05) is 0 Å². The molecule has 0 N–H and O–H groups in total. The highest BCUT2D eigenvalue weighted by molar-refractivity contribution is 6.03. The molecule has 5 nitrogen and oxygen atoms in total. The minimum absolute atomic E-state index is 0.103. The molecule has 1 aliphatic rings. The number of rotatable bonds is 4. The van der Waals surface area contributed by atoms with Crippen LogP contribution >= 0.6 is 0 Å². The van der Waals surface area contributed by atoms with Crippen LogP contribution in [0, 0.1) is 5.41 Å². The predicted molar refractivity (Wildman–Crippen MR) is 60.2 cm³/mol. The van der Waals surface area contributed by atoms with Gasteiger partial charge in [-0.2, -0.15) is 0 Å². The molecular weight excluding hydrogens is 220 g/mol. The zero-order valence-corrected chi connectivity index (χ0v) is 10.1. The van der Waals surface area contributed by atoms with E-state index in [1.54, 1.807) is 6.20 Å². The summed E-state index contributed by atoms with van der Waals surface area (Å²) in [4.78, 5) is 27.6. The van der Waals surface area contributed by atoms with Crippen LogP contribution in [0.1, 0.15) is 25.6 Å². The molecule has 0 radical (unpaired) electrons. The number of hydrogen-bond acceptors (Lipinski definition) is 4. The molecular formula is C12H16N2O3. The van der Waals surface area contributed by atoms with E-state index in [1.165, 1.54) is 6.92 Å². The number of hydrogen-bond donors (Lipinski definition) is 0. The zero-order chi connectivity index (χ0) is 12.5. The van der Waals surface area contributed by atoms with E-state index in [0.29, 0.717) is 25.9 Å². The first-order valence-corrected chi connectivity index (χ1v) is 5.71. The fourth-order valence-corrected chi connectivity index (χ4v) is 2.24. The molecule has 1 atom stereocenters. The predicted octanol–water partition coefficient (Wildman–Crippen LogP) is 0.875. The second-order valence-corrected chi connectivity index (χ2v) is 4.48. The Morgan fingerprint density at radius 2 is 2.41 bits per heavy atom. The second-order valence-electron chi connectivity index (χ2n) is 4.48. The highest BCUT2D eigenvalue weighted by Crippen LogP contribution is 2.35. The summed E-state index contributed by atoms with van der Waals surface area (Å²) < 4.78 is 6.84. The van der Waals surface area contributed by atoms with Gasteiger partial charge in [0, 0.05) is 32.3 Å². The molecule has 0 aromatic carbocycles. The standard InChI is InChI=1S/C12H16N2O3/c1-9(15)12(5-8-17-11(12)16)4-3-10-13-6-7-14(10)2/h6-7H,3-5,8H2,1-2H3. The van der Waals surface area contributed by atoms with Crippen molar-refractivity contribution in [1.82, 2.24) is 9.55 Å². The summed E-state index contributed by atoms with van der Waals surface area (Å²) in [6.07, 6.45) is 5.14. The molecule has 0 amide bonds. The van der Waals surface area contributed by atoms with Crippen LogP contribution in [-0.4, -0.2) is 27.9 Å². The molecule has 1 fully saturated rings. The molecule has 0 aliphatic carbocycles. The Kier molecular flexibility index (Phi) is 3.00. The van der Waals surface area contributed by atoms with Gasteiger partial charge in [0.05, 0.1) is 6.61 Å². The van der Waals surface area contributed by atoms with E-state index in [4.69, 9.17) is 4.74 Å². The normalized spacial score (nSPS) is 23.8. The number of aromatic nitrogens is 2. The molecule has 2 rings (SSSR count). The van der Waals surface area contributed by atoms with Crippen molar-refractivity contribution >= 4 is 11.8 Å². The molecule has 1 saturated heterocycles. The van der Waals surface area contributed by atoms with Gasteiger partial charge < -0.3 is 9.30 Å². The van der Waals surface area contributed by atoms with Gasteiger partial charge in [-0.25, -0.2) is 4.98 Å². The number of nitrogens with zero attached hydrogens (tertiary/aromatic N) is 2. The maximum absolute atomic E-state index is 11.7. The average Bonchev–Trinajstić information content (AvgIpc) is 2.83. The molecule has 5 heteroatoms. The summed E-state index contributed by atoms with van der Waals surface area (Å²) in [6, 6.07) is 0. The highest BCUT2D eigenvalue weighted by atomic mass is 16.5. The Bertz CT molecular complexity index is 452. The van der Waals surface area contributed by atoms with Gasteiger partial charge in [0.25, 0.3) is 0 Å². The minimum Gasteiger partial charge on any atom is -0.465 e. The lowest BCUT2D eigenvalue weighted by molar-refractivity contribution is -0.151. The third kappa shape index (κ3) is 1.97. The topological polar surface area (TPSA) is 61.2 Å². The van der Waals surface area contributed by atoms with E-state index in [0.717, 1.165) is 5.82 Å². The molecule has 17 heavy (non-hydrogen) atoms. The molecule has 0 bridgehead atoms. The fraction of sp³-hybridized carbons (Fsp3) is 0.583. The summed E-state index contributed by atoms with van der Waals surface area (Å²) in [6.45, 7) is 1.81. The number of esters is 1. The highest BCUT2D eigenvalue weighted by Gasteiger charge is 2.48. The fourth-order valence-electron chi connectivity index (χ4n) is 2.24. The molecule has 1 aromatic rings. The SMILES string of the molecule is CC(=O)C1(CCc2nccn2C)CCOC1=O. The van der Waals surface area contributed by atoms with Gasteiger partial charge in [0.1, 0.15) is 17.0 Å². The van der Waals surface area contributed by atoms with E-state index < -0.39 is 5.41 Å². The van der Waals surface area contributed by atoms with E-state index in [2.05, 4.69) is 4.98 Å². The maximum atomic E-state index is 11.7. The number of cyclic esters (lactones) is 1. The lowest BCUT2D eigenvalue weighted by atomic mass is 9.78. The van der Waals surface area contributed by atoms with Crippen molar-refractivity contribution < 1.29 is 14.3 Å². The van der Waals surface area contributed by atoms with Crippen molar-refractivity contribution in [2.75, 3.05) is 6.61 Å². The smallest absolute Gasteiger partial charge is 0.319 e. The third-order valence-electron chi connectivity index (χ3n) is 3.52. The first-order valence-electron chi connectivity index (χ1n) is 5.71. The molecule has 1 aliphatic heterocycles. The van der Waals surface area contributed by atoms with E-state index in [9.17, 15) is 9.59 Å². The lowest BCUT2D eigenvalue weighted by Gasteiger charge is -2.20. The number of Topliss-reactive ketones (excluding diaryl/α,β-unsaturated/α-hetero) is 1. The summed E-state index contributed by atoms with van der Waals surface area (Å²) in [5.41, 5.74) is -0.939. The van der Waals surface area contributed by atoms with Crippen LogP contribution in [-0.2, 0) is 27.8 Å². The van der Waals surface area contributed by atoms with Crippen molar-refractivity contribution in [3.8, 4) is 0 Å². The monoisotopic (exact) mass is 236 g/mol. The van der Waals surface area contributed by atoms with Gasteiger partial charge in [-0.3, -0.25) is 9.59 Å². The summed E-state index contributed by atoms with van der Waals surface area (Å²) >= 11 is 0. The molecule has 1 aromatic heterocycles. The van der Waals surface area contributed by atoms with Crippen LogP contribution in [0.4, 0.5) is 0 Å². The number of ketones is 1. The Morgan fingerprint density at radius 3 is 2.88 bits per heavy atom. The van der Waals surface area contributed by atoms with Crippen LogP contribution in [0.2, 0.25) is 0 Å². The minimum atomic E-state index is -0.939. The molecule has 2 heterocycles. The molecule has 1 unspecified atom stereocenters. The van der Waals surface area contributed by atoms with Crippen molar-refractivity contribution in [1.29, 1.82) is 0 Å². The average molecular weight is 236 g/mol. The first kappa shape index (κ1) is 11.8. The van der Waals surface area contributed by atoms with Gasteiger partial charge in [-0.05, 0) is 13.3 Å². The van der Waals surface area contributed by atoms with Crippen LogP contribution < -0.4 is 0 Å². The van der Waals surface area contributed by atoms with Gasteiger partial charge >= 0.3 is 5.97 Å². The zero-order valence-electron chi connectivity index (χ0n) is 10.1. The Labute approximate surface area is 99.8 Å². The second kappa shape index (κ2) is 4.31. The van der Waals surface area contributed by atoms with Gasteiger partial charge in [0.2, 0.25) is 0 Å². The van der Waals surface area contributed by atoms with Gasteiger partial charge in [0.15, 0.2) is 0 Å². The van der Waals surface area contributed by atoms with E-state index in [-0.39, 0.29) is 11.8 Å². The van der Waals surface area contributed by atoms with Crippen molar-refractivity contribution in [3.63, 3.8) is 0 Å². The van der Waals surface area contributed by atoms with Crippen LogP contribution in [0.3, 0.4) is 0 Å². The number of carbonyl (C=O) groups is 2. The maximum Gasteiger partial charge on any atom is 0.319 e. The summed E-state index contributed by atoms with van der Waals surface area (Å²) in [7, 11) is 1.90. The van der Waals surface area contributed by atoms with Crippen molar-refractivity contribution in [2.24, 2.45) is 12.5 Å². The third-order valence-corrected chi connectivity index (χ3v) is 3.52. The number of aryl methyl sites for hydroxylation is 2. The van der Waals surface area contributed by atoms with Crippen LogP contribution in [0.5, 0.6) is 0 Å². The Morgan fingerprint density at radius 1 is 1.65 bits per heavy atom. The molecule has 0 saturated carbocycles. The van der Waals surface area contributed by atoms with Crippen molar-refractivity contribution in [2.45, 2.75) is 26.2 Å². The molecule has 0 spiro atoms. The number of carbonyl (C=O) groups excluding carboxylic acids is 2. The lowest BCUT2D eigenvalue weighted by Crippen LogP contribution is -2.34.